The monoisotopic (exact) mass is 175 g/mol. The molecule has 0 fully saturated rings. The van der Waals surface area contributed by atoms with Gasteiger partial charge in [0.1, 0.15) is 5.65 Å². The quantitative estimate of drug-likeness (QED) is 0.524. The summed E-state index contributed by atoms with van der Waals surface area (Å²) in [5.41, 5.74) is 1.56. The summed E-state index contributed by atoms with van der Waals surface area (Å²) in [7, 11) is 1.48. The van der Waals surface area contributed by atoms with Crippen LogP contribution in [0.3, 0.4) is 0 Å². The van der Waals surface area contributed by atoms with Crippen LogP contribution in [-0.4, -0.2) is 22.4 Å². The fourth-order valence-electron chi connectivity index (χ4n) is 1.17. The van der Waals surface area contributed by atoms with Crippen molar-refractivity contribution in [2.45, 2.75) is 0 Å². The van der Waals surface area contributed by atoms with Crippen molar-refractivity contribution >= 4 is 11.5 Å². The highest BCUT2D eigenvalue weighted by atomic mass is 16.5. The first kappa shape index (κ1) is 7.79. The zero-order chi connectivity index (χ0) is 9.26. The maximum Gasteiger partial charge on any atom is 0.213 e. The van der Waals surface area contributed by atoms with Crippen molar-refractivity contribution in [3.8, 4) is 0 Å². The average Bonchev–Trinajstić information content (AvgIpc) is 2.63. The van der Waals surface area contributed by atoms with E-state index in [9.17, 15) is 0 Å². The molecule has 0 aliphatic heterocycles. The molecule has 0 saturated carbocycles. The van der Waals surface area contributed by atoms with Crippen LogP contribution in [0.2, 0.25) is 0 Å². The van der Waals surface area contributed by atoms with Gasteiger partial charge in [0.25, 0.3) is 0 Å². The second-order valence-corrected chi connectivity index (χ2v) is 2.64. The molecule has 0 radical (unpaired) electrons. The molecule has 13 heavy (non-hydrogen) atoms. The third-order valence-corrected chi connectivity index (χ3v) is 1.86. The molecule has 0 unspecified atom stereocenters. The number of nitrogens with one attached hydrogen (secondary N) is 1. The van der Waals surface area contributed by atoms with E-state index < -0.39 is 0 Å². The number of nitrogens with zero attached hydrogens (tertiary/aromatic N) is 2. The number of methoxy groups -OCH3 is 1. The summed E-state index contributed by atoms with van der Waals surface area (Å²) in [6, 6.07) is 3.63. The van der Waals surface area contributed by atoms with Crippen molar-refractivity contribution < 1.29 is 4.74 Å². The highest BCUT2D eigenvalue weighted by molar-refractivity contribution is 5.92. The molecule has 4 heteroatoms. The first-order chi connectivity index (χ1) is 6.31. The lowest BCUT2D eigenvalue weighted by atomic mass is 10.2. The van der Waals surface area contributed by atoms with Gasteiger partial charge in [-0.25, -0.2) is 4.98 Å². The van der Waals surface area contributed by atoms with E-state index in [1.165, 1.54) is 7.11 Å². The Labute approximate surface area is 75.3 Å². The minimum absolute atomic E-state index is 0.158. The zero-order valence-electron chi connectivity index (χ0n) is 7.19. The van der Waals surface area contributed by atoms with Crippen molar-refractivity contribution in [3.05, 3.63) is 36.3 Å². The van der Waals surface area contributed by atoms with Gasteiger partial charge in [0.15, 0.2) is 0 Å². The van der Waals surface area contributed by atoms with Crippen LogP contribution in [0.4, 0.5) is 0 Å². The third kappa shape index (κ3) is 1.26. The molecule has 1 N–H and O–H groups in total. The summed E-state index contributed by atoms with van der Waals surface area (Å²) in [4.78, 5) is 4.11. The molecule has 0 atom stereocenters. The number of ether oxygens (including phenoxy) is 1. The standard InChI is InChI=1S/C9H9N3O/c1-13-9(10)7-2-4-12-5-3-11-8(12)6-7/h2-6,10H,1H3. The Morgan fingerprint density at radius 2 is 2.38 bits per heavy atom. The Hall–Kier alpha value is -1.84. The van der Waals surface area contributed by atoms with Gasteiger partial charge in [-0.05, 0) is 12.1 Å². The van der Waals surface area contributed by atoms with Gasteiger partial charge in [-0.1, -0.05) is 0 Å². The van der Waals surface area contributed by atoms with Crippen LogP contribution in [0.5, 0.6) is 0 Å². The third-order valence-electron chi connectivity index (χ3n) is 1.86. The normalized spacial score (nSPS) is 10.2. The fourth-order valence-corrected chi connectivity index (χ4v) is 1.17. The molecule has 2 aromatic heterocycles. The molecule has 0 aromatic carbocycles. The molecule has 4 nitrogen and oxygen atoms in total. The second kappa shape index (κ2) is 2.90. The van der Waals surface area contributed by atoms with Crippen LogP contribution in [0, 0.1) is 5.41 Å². The van der Waals surface area contributed by atoms with Crippen LogP contribution in [0.15, 0.2) is 30.7 Å². The lowest BCUT2D eigenvalue weighted by molar-refractivity contribution is 0.401. The van der Waals surface area contributed by atoms with Crippen molar-refractivity contribution in [2.75, 3.05) is 7.11 Å². The van der Waals surface area contributed by atoms with Crippen molar-refractivity contribution in [3.63, 3.8) is 0 Å². The molecule has 0 saturated heterocycles. The van der Waals surface area contributed by atoms with Crippen LogP contribution >= 0.6 is 0 Å². The van der Waals surface area contributed by atoms with Gasteiger partial charge in [0.2, 0.25) is 5.90 Å². The van der Waals surface area contributed by atoms with Crippen LogP contribution in [0.25, 0.3) is 5.65 Å². The summed E-state index contributed by atoms with van der Waals surface area (Å²) in [5, 5.41) is 7.45. The van der Waals surface area contributed by atoms with E-state index in [-0.39, 0.29) is 5.90 Å². The molecular formula is C9H9N3O. The molecule has 0 amide bonds. The maximum absolute atomic E-state index is 7.45. The highest BCUT2D eigenvalue weighted by Crippen LogP contribution is 2.06. The molecule has 66 valence electrons. The van der Waals surface area contributed by atoms with Gasteiger partial charge < -0.3 is 9.14 Å². The van der Waals surface area contributed by atoms with E-state index >= 15 is 0 Å². The van der Waals surface area contributed by atoms with Crippen molar-refractivity contribution in [1.29, 1.82) is 5.41 Å². The zero-order valence-corrected chi connectivity index (χ0v) is 7.19. The highest BCUT2D eigenvalue weighted by Gasteiger charge is 2.01. The number of hydrogen-bond donors (Lipinski definition) is 1. The first-order valence-corrected chi connectivity index (χ1v) is 3.87. The lowest BCUT2D eigenvalue weighted by Gasteiger charge is -2.01. The largest absolute Gasteiger partial charge is 0.481 e. The van der Waals surface area contributed by atoms with Gasteiger partial charge in [-0.2, -0.15) is 0 Å². The fraction of sp³-hybridized carbons (Fsp3) is 0.111. The van der Waals surface area contributed by atoms with Gasteiger partial charge in [0, 0.05) is 24.2 Å². The van der Waals surface area contributed by atoms with E-state index in [0.717, 1.165) is 11.2 Å². The van der Waals surface area contributed by atoms with Crippen molar-refractivity contribution in [2.24, 2.45) is 0 Å². The predicted octanol–water partition coefficient (Wildman–Crippen LogP) is 1.31. The summed E-state index contributed by atoms with van der Waals surface area (Å²) >= 11 is 0. The number of pyridine rings is 1. The lowest BCUT2D eigenvalue weighted by Crippen LogP contribution is -2.01. The van der Waals surface area contributed by atoms with E-state index in [1.807, 2.05) is 28.9 Å². The first-order valence-electron chi connectivity index (χ1n) is 3.87. The molecule has 0 aliphatic carbocycles. The Balaban J connectivity index is 2.54. The smallest absolute Gasteiger partial charge is 0.213 e. The Morgan fingerprint density at radius 3 is 3.15 bits per heavy atom. The van der Waals surface area contributed by atoms with E-state index in [1.54, 1.807) is 6.20 Å². The van der Waals surface area contributed by atoms with Gasteiger partial charge >= 0.3 is 0 Å². The number of rotatable bonds is 1. The minimum Gasteiger partial charge on any atom is -0.481 e. The molecule has 0 bridgehead atoms. The Bertz CT molecular complexity index is 447. The minimum atomic E-state index is 0.158. The van der Waals surface area contributed by atoms with Crippen LogP contribution < -0.4 is 0 Å². The molecule has 0 spiro atoms. The molecule has 0 aliphatic rings. The van der Waals surface area contributed by atoms with Gasteiger partial charge in [-0.3, -0.25) is 5.41 Å². The molecular weight excluding hydrogens is 166 g/mol. The SMILES string of the molecule is COC(=N)c1ccn2ccnc2c1. The number of aromatic nitrogens is 2. The topological polar surface area (TPSA) is 50.4 Å². The van der Waals surface area contributed by atoms with Crippen LogP contribution in [0.1, 0.15) is 5.56 Å². The van der Waals surface area contributed by atoms with Gasteiger partial charge in [0.05, 0.1) is 7.11 Å². The Morgan fingerprint density at radius 1 is 1.54 bits per heavy atom. The van der Waals surface area contributed by atoms with E-state index in [2.05, 4.69) is 4.98 Å². The summed E-state index contributed by atoms with van der Waals surface area (Å²) in [5.74, 6) is 0.158. The predicted molar refractivity (Wildman–Crippen MR) is 49.0 cm³/mol. The number of hydrogen-bond acceptors (Lipinski definition) is 3. The number of fused-ring (bicyclic) bond motifs is 1. The second-order valence-electron chi connectivity index (χ2n) is 2.64. The van der Waals surface area contributed by atoms with Gasteiger partial charge in [-0.15, -0.1) is 0 Å². The Kier molecular flexibility index (Phi) is 1.73. The summed E-state index contributed by atoms with van der Waals surface area (Å²) < 4.78 is 6.69. The summed E-state index contributed by atoms with van der Waals surface area (Å²) in [6.45, 7) is 0. The maximum atomic E-state index is 7.45. The van der Waals surface area contributed by atoms with E-state index in [0.29, 0.717) is 0 Å². The van der Waals surface area contributed by atoms with E-state index in [4.69, 9.17) is 10.1 Å². The molecule has 2 heterocycles. The van der Waals surface area contributed by atoms with Crippen LogP contribution in [-0.2, 0) is 4.74 Å². The summed E-state index contributed by atoms with van der Waals surface area (Å²) in [6.07, 6.45) is 5.43. The number of imidazole rings is 1. The van der Waals surface area contributed by atoms with Crippen molar-refractivity contribution in [1.82, 2.24) is 9.38 Å². The molecule has 2 rings (SSSR count). The molecule has 2 aromatic rings. The average molecular weight is 175 g/mol.